The second-order valence-electron chi connectivity index (χ2n) is 11.2. The van der Waals surface area contributed by atoms with Crippen molar-refractivity contribution in [3.63, 3.8) is 0 Å². The summed E-state index contributed by atoms with van der Waals surface area (Å²) in [6.45, 7) is 0. The van der Waals surface area contributed by atoms with Crippen molar-refractivity contribution in [1.82, 2.24) is 15.0 Å². The standard InChI is InChI=1S/C41H25N3O/c1-3-12-26(13-4-1)29-24-34-30-17-8-7-14-27(30)22-23-31(34)35(25-29)41-43-39(28-15-5-2-6-16-28)42-40(44-41)33-19-11-21-37-38(33)32-18-9-10-20-36(32)45-37/h1-25H. The third-order valence-electron chi connectivity index (χ3n) is 8.52. The van der Waals surface area contributed by atoms with E-state index in [9.17, 15) is 0 Å². The number of furan rings is 1. The summed E-state index contributed by atoms with van der Waals surface area (Å²) in [5, 5.41) is 6.68. The Hall–Kier alpha value is -6.13. The number of rotatable bonds is 4. The highest BCUT2D eigenvalue weighted by molar-refractivity contribution is 6.14. The van der Waals surface area contributed by atoms with Crippen LogP contribution in [0.4, 0.5) is 0 Å². The minimum atomic E-state index is 0.607. The number of benzene rings is 7. The topological polar surface area (TPSA) is 51.8 Å². The summed E-state index contributed by atoms with van der Waals surface area (Å²) >= 11 is 0. The molecule has 0 saturated carbocycles. The molecule has 2 heterocycles. The molecule has 0 aliphatic heterocycles. The van der Waals surface area contributed by atoms with E-state index in [1.54, 1.807) is 0 Å². The molecule has 2 aromatic heterocycles. The van der Waals surface area contributed by atoms with Gasteiger partial charge in [-0.25, -0.2) is 15.0 Å². The van der Waals surface area contributed by atoms with Crippen molar-refractivity contribution in [1.29, 1.82) is 0 Å². The van der Waals surface area contributed by atoms with Crippen LogP contribution in [0.2, 0.25) is 0 Å². The lowest BCUT2D eigenvalue weighted by Crippen LogP contribution is -2.01. The molecule has 0 radical (unpaired) electrons. The van der Waals surface area contributed by atoms with Crippen LogP contribution >= 0.6 is 0 Å². The summed E-state index contributed by atoms with van der Waals surface area (Å²) in [5.41, 5.74) is 6.70. The molecule has 0 N–H and O–H groups in total. The van der Waals surface area contributed by atoms with Crippen LogP contribution in [-0.2, 0) is 0 Å². The van der Waals surface area contributed by atoms with E-state index in [1.165, 1.54) is 10.8 Å². The average Bonchev–Trinajstić information content (AvgIpc) is 3.51. The molecule has 0 amide bonds. The number of para-hydroxylation sites is 1. The predicted molar refractivity (Wildman–Crippen MR) is 184 cm³/mol. The van der Waals surface area contributed by atoms with Crippen LogP contribution in [0.25, 0.3) is 88.8 Å². The molecule has 9 aromatic rings. The van der Waals surface area contributed by atoms with Gasteiger partial charge in [0.2, 0.25) is 0 Å². The number of hydrogen-bond acceptors (Lipinski definition) is 4. The summed E-state index contributed by atoms with van der Waals surface area (Å²) in [6, 6.07) is 52.2. The Bertz CT molecular complexity index is 2540. The summed E-state index contributed by atoms with van der Waals surface area (Å²) in [6.07, 6.45) is 0. The number of aromatic nitrogens is 3. The lowest BCUT2D eigenvalue weighted by atomic mass is 9.93. The van der Waals surface area contributed by atoms with E-state index in [4.69, 9.17) is 19.4 Å². The Morgan fingerprint density at radius 1 is 0.356 bits per heavy atom. The molecule has 45 heavy (non-hydrogen) atoms. The first-order chi connectivity index (χ1) is 22.3. The molecule has 4 heteroatoms. The molecule has 0 aliphatic carbocycles. The van der Waals surface area contributed by atoms with Crippen LogP contribution in [0.5, 0.6) is 0 Å². The third-order valence-corrected chi connectivity index (χ3v) is 8.52. The van der Waals surface area contributed by atoms with Crippen molar-refractivity contribution in [2.75, 3.05) is 0 Å². The van der Waals surface area contributed by atoms with Crippen LogP contribution in [-0.4, -0.2) is 15.0 Å². The van der Waals surface area contributed by atoms with Gasteiger partial charge in [-0.1, -0.05) is 127 Å². The van der Waals surface area contributed by atoms with Crippen molar-refractivity contribution >= 4 is 43.5 Å². The zero-order valence-electron chi connectivity index (χ0n) is 24.2. The monoisotopic (exact) mass is 575 g/mol. The Morgan fingerprint density at radius 2 is 1.00 bits per heavy atom. The lowest BCUT2D eigenvalue weighted by molar-refractivity contribution is 0.669. The quantitative estimate of drug-likeness (QED) is 0.196. The van der Waals surface area contributed by atoms with E-state index in [0.717, 1.165) is 60.5 Å². The fourth-order valence-corrected chi connectivity index (χ4v) is 6.39. The van der Waals surface area contributed by atoms with E-state index in [0.29, 0.717) is 17.5 Å². The summed E-state index contributed by atoms with van der Waals surface area (Å²) < 4.78 is 6.24. The lowest BCUT2D eigenvalue weighted by Gasteiger charge is -2.14. The van der Waals surface area contributed by atoms with Gasteiger partial charge < -0.3 is 4.42 Å². The predicted octanol–water partition coefficient (Wildman–Crippen LogP) is 10.7. The first-order valence-electron chi connectivity index (χ1n) is 15.0. The van der Waals surface area contributed by atoms with E-state index in [1.807, 2.05) is 66.7 Å². The molecular formula is C41H25N3O. The molecular weight excluding hydrogens is 550 g/mol. The van der Waals surface area contributed by atoms with Gasteiger partial charge in [0.1, 0.15) is 11.2 Å². The molecule has 0 atom stereocenters. The fourth-order valence-electron chi connectivity index (χ4n) is 6.39. The summed E-state index contributed by atoms with van der Waals surface area (Å²) in [7, 11) is 0. The highest BCUT2D eigenvalue weighted by atomic mass is 16.3. The van der Waals surface area contributed by atoms with Gasteiger partial charge in [0.25, 0.3) is 0 Å². The van der Waals surface area contributed by atoms with Crippen LogP contribution in [0.3, 0.4) is 0 Å². The normalized spacial score (nSPS) is 11.6. The number of hydrogen-bond donors (Lipinski definition) is 0. The first-order valence-corrected chi connectivity index (χ1v) is 15.0. The van der Waals surface area contributed by atoms with Crippen molar-refractivity contribution in [2.45, 2.75) is 0 Å². The van der Waals surface area contributed by atoms with Gasteiger partial charge in [0.15, 0.2) is 17.5 Å². The Balaban J connectivity index is 1.38. The van der Waals surface area contributed by atoms with Crippen molar-refractivity contribution in [2.24, 2.45) is 0 Å². The maximum atomic E-state index is 6.24. The summed E-state index contributed by atoms with van der Waals surface area (Å²) in [4.78, 5) is 15.5. The van der Waals surface area contributed by atoms with Crippen LogP contribution < -0.4 is 0 Å². The molecule has 0 unspecified atom stereocenters. The van der Waals surface area contributed by atoms with E-state index >= 15 is 0 Å². The first kappa shape index (κ1) is 25.4. The minimum absolute atomic E-state index is 0.607. The molecule has 210 valence electrons. The van der Waals surface area contributed by atoms with E-state index < -0.39 is 0 Å². The zero-order valence-corrected chi connectivity index (χ0v) is 24.2. The third kappa shape index (κ3) is 4.27. The van der Waals surface area contributed by atoms with Gasteiger partial charge in [-0.3, -0.25) is 0 Å². The highest BCUT2D eigenvalue weighted by Gasteiger charge is 2.19. The fraction of sp³-hybridized carbons (Fsp3) is 0. The summed E-state index contributed by atoms with van der Waals surface area (Å²) in [5.74, 6) is 1.86. The second-order valence-corrected chi connectivity index (χ2v) is 11.2. The zero-order chi connectivity index (χ0) is 29.7. The molecule has 0 bridgehead atoms. The second kappa shape index (κ2) is 10.2. The number of fused-ring (bicyclic) bond motifs is 6. The molecule has 0 fully saturated rings. The van der Waals surface area contributed by atoms with Gasteiger partial charge in [-0.05, 0) is 56.9 Å². The molecule has 0 saturated heterocycles. The Kier molecular flexibility index (Phi) is 5.78. The smallest absolute Gasteiger partial charge is 0.164 e. The van der Waals surface area contributed by atoms with Crippen molar-refractivity contribution in [3.8, 4) is 45.3 Å². The van der Waals surface area contributed by atoms with Gasteiger partial charge >= 0.3 is 0 Å². The van der Waals surface area contributed by atoms with Crippen molar-refractivity contribution in [3.05, 3.63) is 152 Å². The molecule has 4 nitrogen and oxygen atoms in total. The van der Waals surface area contributed by atoms with Gasteiger partial charge in [0, 0.05) is 27.5 Å². The Labute approximate surface area is 259 Å². The minimum Gasteiger partial charge on any atom is -0.456 e. The molecule has 0 aliphatic rings. The number of nitrogens with zero attached hydrogens (tertiary/aromatic N) is 3. The molecule has 7 aromatic carbocycles. The maximum absolute atomic E-state index is 6.24. The van der Waals surface area contributed by atoms with Crippen LogP contribution in [0.1, 0.15) is 0 Å². The van der Waals surface area contributed by atoms with Crippen LogP contribution in [0, 0.1) is 0 Å². The maximum Gasteiger partial charge on any atom is 0.164 e. The van der Waals surface area contributed by atoms with Gasteiger partial charge in [-0.2, -0.15) is 0 Å². The van der Waals surface area contributed by atoms with E-state index in [-0.39, 0.29) is 0 Å². The van der Waals surface area contributed by atoms with Gasteiger partial charge in [0.05, 0.1) is 0 Å². The largest absolute Gasteiger partial charge is 0.456 e. The van der Waals surface area contributed by atoms with Gasteiger partial charge in [-0.15, -0.1) is 0 Å². The Morgan fingerprint density at radius 3 is 1.82 bits per heavy atom. The van der Waals surface area contributed by atoms with Crippen molar-refractivity contribution < 1.29 is 4.42 Å². The van der Waals surface area contributed by atoms with Crippen LogP contribution in [0.15, 0.2) is 156 Å². The highest BCUT2D eigenvalue weighted by Crippen LogP contribution is 2.39. The van der Waals surface area contributed by atoms with E-state index in [2.05, 4.69) is 84.9 Å². The molecule has 9 rings (SSSR count). The average molecular weight is 576 g/mol. The SMILES string of the molecule is c1ccc(-c2cc(-c3nc(-c4ccccc4)nc(-c4cccc5oc6ccccc6c45)n3)c3ccc4ccccc4c3c2)cc1. The molecule has 0 spiro atoms.